The highest BCUT2D eigenvalue weighted by Gasteiger charge is 2.30. The topological polar surface area (TPSA) is 12.9 Å². The lowest BCUT2D eigenvalue weighted by molar-refractivity contribution is -0.137. The maximum Gasteiger partial charge on any atom is 0.416 e. The summed E-state index contributed by atoms with van der Waals surface area (Å²) in [5.74, 6) is 0. The average Bonchev–Trinajstić information content (AvgIpc) is 2.40. The molecule has 0 aliphatic heterocycles. The van der Waals surface area contributed by atoms with Gasteiger partial charge in [-0.3, -0.25) is 4.98 Å². The minimum Gasteiger partial charge on any atom is -0.261 e. The second kappa shape index (κ2) is 5.95. The predicted molar refractivity (Wildman–Crippen MR) is 75.8 cm³/mol. The quantitative estimate of drug-likeness (QED) is 0.707. The van der Waals surface area contributed by atoms with Gasteiger partial charge in [-0.1, -0.05) is 34.1 Å². The fourth-order valence-electron chi connectivity index (χ4n) is 1.80. The van der Waals surface area contributed by atoms with E-state index in [0.29, 0.717) is 6.42 Å². The van der Waals surface area contributed by atoms with E-state index in [2.05, 4.69) is 20.9 Å². The normalized spacial score (nSPS) is 13.2. The summed E-state index contributed by atoms with van der Waals surface area (Å²) in [6, 6.07) is 9.09. The molecule has 1 aromatic carbocycles. The fourth-order valence-corrected chi connectivity index (χ4v) is 2.44. The number of hydrogen-bond acceptors (Lipinski definition) is 1. The highest BCUT2D eigenvalue weighted by molar-refractivity contribution is 9.09. The van der Waals surface area contributed by atoms with Gasteiger partial charge in [0, 0.05) is 23.1 Å². The number of pyridine rings is 1. The van der Waals surface area contributed by atoms with Crippen LogP contribution in [0.4, 0.5) is 13.2 Å². The van der Waals surface area contributed by atoms with E-state index in [1.807, 2.05) is 19.1 Å². The molecule has 0 aliphatic carbocycles. The van der Waals surface area contributed by atoms with Gasteiger partial charge in [-0.15, -0.1) is 0 Å². The molecule has 0 N–H and O–H groups in total. The lowest BCUT2D eigenvalue weighted by Crippen LogP contribution is -2.05. The highest BCUT2D eigenvalue weighted by Crippen LogP contribution is 2.32. The van der Waals surface area contributed by atoms with Gasteiger partial charge in [0.1, 0.15) is 0 Å². The van der Waals surface area contributed by atoms with Crippen LogP contribution < -0.4 is 0 Å². The molecule has 0 aliphatic rings. The smallest absolute Gasteiger partial charge is 0.261 e. The molecule has 0 fully saturated rings. The Hall–Kier alpha value is -1.36. The van der Waals surface area contributed by atoms with Crippen molar-refractivity contribution in [3.63, 3.8) is 0 Å². The lowest BCUT2D eigenvalue weighted by atomic mass is 10.1. The Morgan fingerprint density at radius 1 is 1.10 bits per heavy atom. The van der Waals surface area contributed by atoms with Gasteiger partial charge in [-0.05, 0) is 36.2 Å². The monoisotopic (exact) mass is 343 g/mol. The van der Waals surface area contributed by atoms with E-state index in [1.165, 1.54) is 12.1 Å². The zero-order valence-corrected chi connectivity index (χ0v) is 12.4. The Labute approximate surface area is 124 Å². The van der Waals surface area contributed by atoms with Crippen molar-refractivity contribution >= 4 is 15.9 Å². The summed E-state index contributed by atoms with van der Waals surface area (Å²) in [7, 11) is 0. The maximum absolute atomic E-state index is 12.5. The van der Waals surface area contributed by atoms with Crippen LogP contribution in [0.1, 0.15) is 27.2 Å². The lowest BCUT2D eigenvalue weighted by Gasteiger charge is -2.12. The molecule has 1 aromatic heterocycles. The van der Waals surface area contributed by atoms with Crippen molar-refractivity contribution in [1.29, 1.82) is 0 Å². The van der Waals surface area contributed by atoms with Crippen LogP contribution in [0.5, 0.6) is 0 Å². The Kier molecular flexibility index (Phi) is 4.48. The molecule has 2 rings (SSSR count). The first-order chi connectivity index (χ1) is 9.36. The average molecular weight is 344 g/mol. The largest absolute Gasteiger partial charge is 0.416 e. The molecule has 106 valence electrons. The highest BCUT2D eigenvalue weighted by atomic mass is 79.9. The van der Waals surface area contributed by atoms with E-state index >= 15 is 0 Å². The first kappa shape index (κ1) is 15.0. The van der Waals surface area contributed by atoms with E-state index in [4.69, 9.17) is 0 Å². The van der Waals surface area contributed by atoms with Crippen LogP contribution in [-0.2, 0) is 12.6 Å². The van der Waals surface area contributed by atoms with Gasteiger partial charge in [-0.2, -0.15) is 13.2 Å². The molecule has 1 heterocycles. The van der Waals surface area contributed by atoms with E-state index in [1.54, 1.807) is 6.20 Å². The molecule has 0 spiro atoms. The third-order valence-corrected chi connectivity index (χ3v) is 3.81. The van der Waals surface area contributed by atoms with Gasteiger partial charge in [0.25, 0.3) is 0 Å². The number of hydrogen-bond donors (Lipinski definition) is 0. The van der Waals surface area contributed by atoms with Crippen LogP contribution in [0.2, 0.25) is 0 Å². The second-order valence-electron chi connectivity index (χ2n) is 4.62. The maximum atomic E-state index is 12.5. The van der Waals surface area contributed by atoms with Gasteiger partial charge >= 0.3 is 6.18 Å². The molecule has 0 bridgehead atoms. The minimum absolute atomic E-state index is 0.0556. The predicted octanol–water partition coefficient (Wildman–Crippen LogP) is 5.09. The molecular formula is C15H13BrF3N. The number of aryl methyl sites for hydroxylation is 1. The molecule has 20 heavy (non-hydrogen) atoms. The van der Waals surface area contributed by atoms with Crippen LogP contribution in [0, 0.1) is 6.92 Å². The second-order valence-corrected chi connectivity index (χ2v) is 5.72. The summed E-state index contributed by atoms with van der Waals surface area (Å²) in [5, 5.41) is 0. The van der Waals surface area contributed by atoms with Crippen molar-refractivity contribution in [3.05, 3.63) is 65.0 Å². The molecule has 1 nitrogen and oxygen atoms in total. The van der Waals surface area contributed by atoms with Crippen molar-refractivity contribution in [2.45, 2.75) is 24.3 Å². The van der Waals surface area contributed by atoms with Crippen molar-refractivity contribution in [3.8, 4) is 0 Å². The van der Waals surface area contributed by atoms with Crippen LogP contribution in [0.3, 0.4) is 0 Å². The Balaban J connectivity index is 2.09. The number of halogens is 4. The first-order valence-corrected chi connectivity index (χ1v) is 7.00. The zero-order valence-electron chi connectivity index (χ0n) is 10.8. The number of aromatic nitrogens is 1. The molecule has 1 unspecified atom stereocenters. The summed E-state index contributed by atoms with van der Waals surface area (Å²) >= 11 is 3.49. The van der Waals surface area contributed by atoms with Gasteiger partial charge in [0.05, 0.1) is 5.56 Å². The third-order valence-electron chi connectivity index (χ3n) is 2.96. The molecule has 5 heteroatoms. The van der Waals surface area contributed by atoms with Crippen LogP contribution in [-0.4, -0.2) is 4.98 Å². The Bertz CT molecular complexity index is 561. The van der Waals surface area contributed by atoms with E-state index < -0.39 is 11.7 Å². The molecule has 0 saturated carbocycles. The van der Waals surface area contributed by atoms with Crippen LogP contribution in [0.25, 0.3) is 0 Å². The summed E-state index contributed by atoms with van der Waals surface area (Å²) < 4.78 is 37.5. The zero-order chi connectivity index (χ0) is 14.8. The van der Waals surface area contributed by atoms with Gasteiger partial charge < -0.3 is 0 Å². The number of alkyl halides is 4. The SMILES string of the molecule is Cc1ccc(CC(Br)c2ccc(C(F)(F)F)cc2)nc1. The minimum atomic E-state index is -4.29. The van der Waals surface area contributed by atoms with Gasteiger partial charge in [-0.25, -0.2) is 0 Å². The molecule has 0 saturated heterocycles. The van der Waals surface area contributed by atoms with Gasteiger partial charge in [0.2, 0.25) is 0 Å². The van der Waals surface area contributed by atoms with Crippen molar-refractivity contribution in [2.24, 2.45) is 0 Å². The summed E-state index contributed by atoms with van der Waals surface area (Å²) in [6.07, 6.45) is -1.88. The molecule has 2 aromatic rings. The summed E-state index contributed by atoms with van der Waals surface area (Å²) in [4.78, 5) is 4.24. The third kappa shape index (κ3) is 3.82. The van der Waals surface area contributed by atoms with Crippen LogP contribution >= 0.6 is 15.9 Å². The van der Waals surface area contributed by atoms with E-state index in [0.717, 1.165) is 29.0 Å². The van der Waals surface area contributed by atoms with E-state index in [9.17, 15) is 13.2 Å². The van der Waals surface area contributed by atoms with E-state index in [-0.39, 0.29) is 4.83 Å². The standard InChI is InChI=1S/C15H13BrF3N/c1-10-2-7-13(20-9-10)8-14(16)11-3-5-12(6-4-11)15(17,18)19/h2-7,9,14H,8H2,1H3. The molecule has 0 radical (unpaired) electrons. The first-order valence-electron chi connectivity index (χ1n) is 6.09. The summed E-state index contributed by atoms with van der Waals surface area (Å²) in [6.45, 7) is 1.96. The molecular weight excluding hydrogens is 331 g/mol. The fraction of sp³-hybridized carbons (Fsp3) is 0.267. The van der Waals surface area contributed by atoms with Gasteiger partial charge in [0.15, 0.2) is 0 Å². The summed E-state index contributed by atoms with van der Waals surface area (Å²) in [5.41, 5.74) is 2.15. The number of benzene rings is 1. The van der Waals surface area contributed by atoms with Crippen molar-refractivity contribution in [1.82, 2.24) is 4.98 Å². The Morgan fingerprint density at radius 3 is 2.25 bits per heavy atom. The van der Waals surface area contributed by atoms with Crippen LogP contribution in [0.15, 0.2) is 42.6 Å². The molecule has 0 amide bonds. The number of rotatable bonds is 3. The van der Waals surface area contributed by atoms with Crippen molar-refractivity contribution < 1.29 is 13.2 Å². The Morgan fingerprint density at radius 2 is 1.75 bits per heavy atom. The number of nitrogens with zero attached hydrogens (tertiary/aromatic N) is 1. The van der Waals surface area contributed by atoms with Crippen molar-refractivity contribution in [2.75, 3.05) is 0 Å². The molecule has 1 atom stereocenters.